The van der Waals surface area contributed by atoms with Gasteiger partial charge in [0, 0.05) is 23.5 Å². The number of ether oxygens (including phenoxy) is 2. The van der Waals surface area contributed by atoms with Gasteiger partial charge in [-0.2, -0.15) is 0 Å². The zero-order chi connectivity index (χ0) is 15.8. The van der Waals surface area contributed by atoms with Crippen molar-refractivity contribution in [1.82, 2.24) is 5.32 Å². The summed E-state index contributed by atoms with van der Waals surface area (Å²) in [5.41, 5.74) is 0.0873. The molecule has 2 fully saturated rings. The van der Waals surface area contributed by atoms with E-state index in [4.69, 9.17) is 13.9 Å². The average molecular weight is 352 g/mol. The first-order valence-electron chi connectivity index (χ1n) is 8.34. The largest absolute Gasteiger partial charge is 0.490 e. The van der Waals surface area contributed by atoms with Crippen LogP contribution in [0.4, 0.5) is 0 Å². The summed E-state index contributed by atoms with van der Waals surface area (Å²) in [5.74, 6) is 1.01. The standard InChI is InChI=1S/C18H21NO4.ClH/c1-2-21-17-7-11-3-6-14(10-16(11)23-18(17)20)22-15-8-12-4-5-13(9-15)19-12;/h3,6-7,10,12-13,15,19H,2,4-5,8-9H2,1H3;1H/t12-,13+,15?;. The lowest BCUT2D eigenvalue weighted by molar-refractivity contribution is 0.137. The molecule has 1 aromatic carbocycles. The average Bonchev–Trinajstić information content (AvgIpc) is 2.87. The molecule has 6 heteroatoms. The van der Waals surface area contributed by atoms with Gasteiger partial charge in [0.2, 0.25) is 5.75 Å². The van der Waals surface area contributed by atoms with Crippen LogP contribution in [-0.2, 0) is 0 Å². The third-order valence-corrected chi connectivity index (χ3v) is 4.71. The van der Waals surface area contributed by atoms with Crippen molar-refractivity contribution in [3.63, 3.8) is 0 Å². The van der Waals surface area contributed by atoms with Crippen LogP contribution in [0.1, 0.15) is 32.6 Å². The lowest BCUT2D eigenvalue weighted by Gasteiger charge is -2.29. The van der Waals surface area contributed by atoms with E-state index in [-0.39, 0.29) is 24.3 Å². The molecular formula is C18H22ClNO4. The van der Waals surface area contributed by atoms with Gasteiger partial charge in [-0.05, 0) is 50.8 Å². The molecular weight excluding hydrogens is 330 g/mol. The molecule has 0 radical (unpaired) electrons. The second-order valence-corrected chi connectivity index (χ2v) is 6.38. The van der Waals surface area contributed by atoms with Gasteiger partial charge in [0.15, 0.2) is 0 Å². The second-order valence-electron chi connectivity index (χ2n) is 6.38. The van der Waals surface area contributed by atoms with Crippen LogP contribution in [0.5, 0.6) is 11.5 Å². The molecule has 2 aliphatic rings. The van der Waals surface area contributed by atoms with E-state index in [1.54, 1.807) is 12.1 Å². The zero-order valence-electron chi connectivity index (χ0n) is 13.6. The van der Waals surface area contributed by atoms with Crippen molar-refractivity contribution in [2.45, 2.75) is 50.8 Å². The first-order chi connectivity index (χ1) is 11.2. The fourth-order valence-corrected chi connectivity index (χ4v) is 3.70. The summed E-state index contributed by atoms with van der Waals surface area (Å²) in [6.45, 7) is 2.28. The SMILES string of the molecule is CCOc1cc2ccc(OC3C[C@H]4CC[C@@H](C3)N4)cc2oc1=O.Cl. The highest BCUT2D eigenvalue weighted by atomic mass is 35.5. The Bertz CT molecular complexity index is 763. The number of hydrogen-bond donors (Lipinski definition) is 1. The zero-order valence-corrected chi connectivity index (χ0v) is 14.4. The fraction of sp³-hybridized carbons (Fsp3) is 0.500. The van der Waals surface area contributed by atoms with Crippen LogP contribution >= 0.6 is 12.4 Å². The molecule has 0 amide bonds. The van der Waals surface area contributed by atoms with Crippen LogP contribution in [0, 0.1) is 0 Å². The molecule has 2 aliphatic heterocycles. The summed E-state index contributed by atoms with van der Waals surface area (Å²) in [6.07, 6.45) is 4.82. The van der Waals surface area contributed by atoms with E-state index in [1.165, 1.54) is 12.8 Å². The Balaban J connectivity index is 0.00000169. The number of halogens is 1. The third kappa shape index (κ3) is 3.37. The normalized spacial score (nSPS) is 25.3. The Morgan fingerprint density at radius 2 is 1.96 bits per heavy atom. The van der Waals surface area contributed by atoms with Gasteiger partial charge in [-0.3, -0.25) is 0 Å². The van der Waals surface area contributed by atoms with Crippen LogP contribution in [-0.4, -0.2) is 24.8 Å². The Morgan fingerprint density at radius 3 is 2.67 bits per heavy atom. The van der Waals surface area contributed by atoms with E-state index >= 15 is 0 Å². The van der Waals surface area contributed by atoms with Crippen molar-refractivity contribution in [2.24, 2.45) is 0 Å². The van der Waals surface area contributed by atoms with Crippen molar-refractivity contribution < 1.29 is 13.9 Å². The maximum Gasteiger partial charge on any atom is 0.379 e. The van der Waals surface area contributed by atoms with Crippen molar-refractivity contribution in [2.75, 3.05) is 6.61 Å². The van der Waals surface area contributed by atoms with E-state index < -0.39 is 5.63 Å². The van der Waals surface area contributed by atoms with E-state index in [0.717, 1.165) is 24.0 Å². The van der Waals surface area contributed by atoms with Gasteiger partial charge in [0.1, 0.15) is 17.4 Å². The molecule has 3 atom stereocenters. The van der Waals surface area contributed by atoms with Crippen molar-refractivity contribution in [3.8, 4) is 11.5 Å². The van der Waals surface area contributed by atoms with Gasteiger partial charge >= 0.3 is 5.63 Å². The summed E-state index contributed by atoms with van der Waals surface area (Å²) < 4.78 is 16.8. The third-order valence-electron chi connectivity index (χ3n) is 4.71. The molecule has 2 saturated heterocycles. The van der Waals surface area contributed by atoms with Crippen LogP contribution in [0.3, 0.4) is 0 Å². The van der Waals surface area contributed by atoms with E-state index in [1.807, 2.05) is 19.1 Å². The topological polar surface area (TPSA) is 60.7 Å². The Kier molecular flexibility index (Phi) is 5.01. The van der Waals surface area contributed by atoms with Crippen molar-refractivity contribution >= 4 is 23.4 Å². The van der Waals surface area contributed by atoms with E-state index in [9.17, 15) is 4.79 Å². The lowest BCUT2D eigenvalue weighted by Crippen LogP contribution is -2.42. The van der Waals surface area contributed by atoms with Gasteiger partial charge in [-0.25, -0.2) is 4.79 Å². The predicted octanol–water partition coefficient (Wildman–Crippen LogP) is 3.28. The number of benzene rings is 1. The van der Waals surface area contributed by atoms with Gasteiger partial charge in [-0.1, -0.05) is 0 Å². The molecule has 0 saturated carbocycles. The molecule has 0 aliphatic carbocycles. The van der Waals surface area contributed by atoms with E-state index in [0.29, 0.717) is 24.3 Å². The second kappa shape index (κ2) is 7.03. The monoisotopic (exact) mass is 351 g/mol. The molecule has 2 bridgehead atoms. The van der Waals surface area contributed by atoms with Crippen LogP contribution in [0.15, 0.2) is 33.5 Å². The summed E-state index contributed by atoms with van der Waals surface area (Å²) in [6, 6.07) is 8.54. The number of nitrogens with one attached hydrogen (secondary N) is 1. The highest BCUT2D eigenvalue weighted by molar-refractivity contribution is 5.85. The maximum absolute atomic E-state index is 11.9. The first-order valence-corrected chi connectivity index (χ1v) is 8.34. The van der Waals surface area contributed by atoms with Gasteiger partial charge in [-0.15, -0.1) is 12.4 Å². The Hall–Kier alpha value is -1.72. The van der Waals surface area contributed by atoms with Gasteiger partial charge in [0.25, 0.3) is 0 Å². The maximum atomic E-state index is 11.9. The smallest absolute Gasteiger partial charge is 0.379 e. The summed E-state index contributed by atoms with van der Waals surface area (Å²) in [7, 11) is 0. The molecule has 4 rings (SSSR count). The quantitative estimate of drug-likeness (QED) is 0.856. The highest BCUT2D eigenvalue weighted by Gasteiger charge is 2.34. The van der Waals surface area contributed by atoms with Crippen molar-refractivity contribution in [1.29, 1.82) is 0 Å². The minimum atomic E-state index is -0.448. The number of rotatable bonds is 4. The molecule has 3 heterocycles. The predicted molar refractivity (Wildman–Crippen MR) is 94.5 cm³/mol. The van der Waals surface area contributed by atoms with Gasteiger partial charge in [0.05, 0.1) is 6.61 Å². The molecule has 2 aromatic rings. The number of fused-ring (bicyclic) bond motifs is 3. The van der Waals surface area contributed by atoms with Gasteiger partial charge < -0.3 is 19.2 Å². The molecule has 1 unspecified atom stereocenters. The summed E-state index contributed by atoms with van der Waals surface area (Å²) >= 11 is 0. The van der Waals surface area contributed by atoms with Crippen LogP contribution in [0.25, 0.3) is 11.0 Å². The van der Waals surface area contributed by atoms with Crippen LogP contribution in [0.2, 0.25) is 0 Å². The highest BCUT2D eigenvalue weighted by Crippen LogP contribution is 2.30. The first kappa shape index (κ1) is 17.1. The molecule has 0 spiro atoms. The summed E-state index contributed by atoms with van der Waals surface area (Å²) in [5, 5.41) is 4.45. The van der Waals surface area contributed by atoms with Crippen molar-refractivity contribution in [3.05, 3.63) is 34.7 Å². The molecule has 1 N–H and O–H groups in total. The molecule has 5 nitrogen and oxygen atoms in total. The Labute approximate surface area is 146 Å². The molecule has 1 aromatic heterocycles. The summed E-state index contributed by atoms with van der Waals surface area (Å²) in [4.78, 5) is 11.9. The molecule has 24 heavy (non-hydrogen) atoms. The number of piperidine rings is 1. The molecule has 130 valence electrons. The van der Waals surface area contributed by atoms with E-state index in [2.05, 4.69) is 5.32 Å². The minimum Gasteiger partial charge on any atom is -0.490 e. The van der Waals surface area contributed by atoms with Crippen LogP contribution < -0.4 is 20.4 Å². The Morgan fingerprint density at radius 1 is 1.21 bits per heavy atom. The minimum absolute atomic E-state index is 0. The number of hydrogen-bond acceptors (Lipinski definition) is 5. The lowest BCUT2D eigenvalue weighted by atomic mass is 10.0. The fourth-order valence-electron chi connectivity index (χ4n) is 3.70.